The first kappa shape index (κ1) is 24.4. The predicted octanol–water partition coefficient (Wildman–Crippen LogP) is 3.32. The van der Waals surface area contributed by atoms with E-state index in [-0.39, 0.29) is 17.2 Å². The molecule has 0 aliphatic heterocycles. The minimum Gasteiger partial charge on any atom is -0.464 e. The van der Waals surface area contributed by atoms with E-state index in [4.69, 9.17) is 22.4 Å². The largest absolute Gasteiger partial charge is 0.464 e. The molecule has 2 aromatic rings. The molecule has 30 heavy (non-hydrogen) atoms. The van der Waals surface area contributed by atoms with E-state index in [2.05, 4.69) is 16.2 Å². The number of benzene rings is 1. The molecule has 1 N–H and O–H groups in total. The smallest absolute Gasteiger partial charge is 0.185 e. The van der Waals surface area contributed by atoms with Crippen molar-refractivity contribution >= 4 is 39.0 Å². The molecule has 6 nitrogen and oxygen atoms in total. The van der Waals surface area contributed by atoms with Crippen LogP contribution in [0.5, 0.6) is 0 Å². The van der Waals surface area contributed by atoms with E-state index in [1.165, 1.54) is 12.1 Å². The fourth-order valence-electron chi connectivity index (χ4n) is 2.53. The van der Waals surface area contributed by atoms with Crippen LogP contribution in [0.15, 0.2) is 50.7 Å². The van der Waals surface area contributed by atoms with Gasteiger partial charge in [-0.05, 0) is 50.5 Å². The third-order valence-corrected chi connectivity index (χ3v) is 6.72. The molecule has 9 heteroatoms. The maximum atomic E-state index is 12.6. The first-order chi connectivity index (χ1) is 14.3. The highest BCUT2D eigenvalue weighted by atomic mass is 35.5. The molecule has 0 atom stereocenters. The fourth-order valence-corrected chi connectivity index (χ4v) is 4.64. The number of hydrogen-bond donors (Lipinski definition) is 1. The fraction of sp³-hybridized carbons (Fsp3) is 0.381. The summed E-state index contributed by atoms with van der Waals surface area (Å²) in [5.41, 5.74) is 0. The van der Waals surface area contributed by atoms with Crippen LogP contribution in [-0.2, 0) is 22.1 Å². The quantitative estimate of drug-likeness (QED) is 0.236. The molecule has 0 saturated heterocycles. The van der Waals surface area contributed by atoms with Crippen LogP contribution in [-0.4, -0.2) is 57.8 Å². The second-order valence-corrected chi connectivity index (χ2v) is 10.3. The summed E-state index contributed by atoms with van der Waals surface area (Å²) in [6.07, 6.45) is 5.29. The second-order valence-electron chi connectivity index (χ2n) is 6.76. The van der Waals surface area contributed by atoms with Gasteiger partial charge in [0.05, 0.1) is 30.3 Å². The van der Waals surface area contributed by atoms with Gasteiger partial charge in [-0.15, -0.1) is 6.42 Å². The normalized spacial score (nSPS) is 12.2. The van der Waals surface area contributed by atoms with Crippen LogP contribution in [0.4, 0.5) is 0 Å². The van der Waals surface area contributed by atoms with Crippen molar-refractivity contribution in [1.29, 1.82) is 0 Å². The Bertz CT molecular complexity index is 978. The molecular formula is C21H26ClN3O3S2. The van der Waals surface area contributed by atoms with E-state index in [1.807, 2.05) is 31.1 Å². The van der Waals surface area contributed by atoms with Gasteiger partial charge in [0, 0.05) is 10.8 Å². The van der Waals surface area contributed by atoms with Gasteiger partial charge in [0.15, 0.2) is 9.84 Å². The molecule has 0 aliphatic carbocycles. The Balaban J connectivity index is 1.89. The van der Waals surface area contributed by atoms with Crippen LogP contribution in [0.25, 0.3) is 0 Å². The van der Waals surface area contributed by atoms with Crippen molar-refractivity contribution < 1.29 is 12.8 Å². The van der Waals surface area contributed by atoms with E-state index in [0.29, 0.717) is 17.4 Å². The minimum atomic E-state index is -3.55. The molecule has 1 aromatic heterocycles. The summed E-state index contributed by atoms with van der Waals surface area (Å²) in [5, 5.41) is 3.40. The SMILES string of the molecule is C#CCNC(CS(=O)(=O)c1ccc(Cl)cc1)=NCCSCc1ccc(CN(C)C)o1. The average molecular weight is 468 g/mol. The van der Waals surface area contributed by atoms with E-state index >= 15 is 0 Å². The lowest BCUT2D eigenvalue weighted by molar-refractivity contribution is 0.344. The molecule has 0 fully saturated rings. The Morgan fingerprint density at radius 3 is 2.60 bits per heavy atom. The van der Waals surface area contributed by atoms with E-state index < -0.39 is 9.84 Å². The number of terminal acetylenes is 1. The molecule has 0 saturated carbocycles. The predicted molar refractivity (Wildman–Crippen MR) is 125 cm³/mol. The van der Waals surface area contributed by atoms with Crippen LogP contribution in [0, 0.1) is 12.3 Å². The van der Waals surface area contributed by atoms with Crippen LogP contribution >= 0.6 is 23.4 Å². The zero-order valence-electron chi connectivity index (χ0n) is 17.1. The van der Waals surface area contributed by atoms with Gasteiger partial charge in [-0.2, -0.15) is 11.8 Å². The van der Waals surface area contributed by atoms with E-state index in [1.54, 1.807) is 23.9 Å². The molecule has 1 heterocycles. The summed E-state index contributed by atoms with van der Waals surface area (Å²) in [6, 6.07) is 10.0. The summed E-state index contributed by atoms with van der Waals surface area (Å²) >= 11 is 7.51. The van der Waals surface area contributed by atoms with Crippen LogP contribution < -0.4 is 5.32 Å². The molecule has 0 spiro atoms. The second kappa shape index (κ2) is 12.1. The number of rotatable bonds is 11. The van der Waals surface area contributed by atoms with Gasteiger partial charge in [0.1, 0.15) is 23.1 Å². The number of amidine groups is 1. The maximum absolute atomic E-state index is 12.6. The summed E-state index contributed by atoms with van der Waals surface area (Å²) in [7, 11) is 0.442. The number of nitrogens with one attached hydrogen (secondary N) is 1. The van der Waals surface area contributed by atoms with Crippen molar-refractivity contribution in [2.45, 2.75) is 17.2 Å². The van der Waals surface area contributed by atoms with Gasteiger partial charge in [-0.3, -0.25) is 4.99 Å². The molecule has 162 valence electrons. The van der Waals surface area contributed by atoms with Crippen molar-refractivity contribution in [2.75, 3.05) is 38.7 Å². The highest BCUT2D eigenvalue weighted by Crippen LogP contribution is 2.17. The van der Waals surface area contributed by atoms with Crippen LogP contribution in [0.3, 0.4) is 0 Å². The number of aliphatic imine (C=N–C) groups is 1. The third kappa shape index (κ3) is 8.44. The zero-order chi connectivity index (χ0) is 22.0. The van der Waals surface area contributed by atoms with Gasteiger partial charge >= 0.3 is 0 Å². The number of hydrogen-bond acceptors (Lipinski definition) is 6. The van der Waals surface area contributed by atoms with Gasteiger partial charge in [-0.1, -0.05) is 17.5 Å². The monoisotopic (exact) mass is 467 g/mol. The topological polar surface area (TPSA) is 74.9 Å². The maximum Gasteiger partial charge on any atom is 0.185 e. The number of halogens is 1. The summed E-state index contributed by atoms with van der Waals surface area (Å²) in [6.45, 7) is 1.45. The van der Waals surface area contributed by atoms with E-state index in [9.17, 15) is 8.42 Å². The number of thioether (sulfide) groups is 1. The molecule has 0 aliphatic rings. The van der Waals surface area contributed by atoms with Gasteiger partial charge in [0.25, 0.3) is 0 Å². The van der Waals surface area contributed by atoms with Crippen molar-refractivity contribution in [3.63, 3.8) is 0 Å². The van der Waals surface area contributed by atoms with Gasteiger partial charge in [-0.25, -0.2) is 8.42 Å². The minimum absolute atomic E-state index is 0.197. The number of sulfone groups is 1. The summed E-state index contributed by atoms with van der Waals surface area (Å²) in [4.78, 5) is 6.66. The Morgan fingerprint density at radius 2 is 1.93 bits per heavy atom. The van der Waals surface area contributed by atoms with E-state index in [0.717, 1.165) is 29.6 Å². The lowest BCUT2D eigenvalue weighted by Gasteiger charge is -2.09. The van der Waals surface area contributed by atoms with Crippen LogP contribution in [0.2, 0.25) is 5.02 Å². The molecular weight excluding hydrogens is 442 g/mol. The Hall–Kier alpha value is -1.92. The Morgan fingerprint density at radius 1 is 1.23 bits per heavy atom. The van der Waals surface area contributed by atoms with Crippen LogP contribution in [0.1, 0.15) is 11.5 Å². The molecule has 0 radical (unpaired) electrons. The average Bonchev–Trinajstić information content (AvgIpc) is 3.12. The molecule has 0 amide bonds. The molecule has 0 unspecified atom stereocenters. The third-order valence-electron chi connectivity index (χ3n) is 3.87. The van der Waals surface area contributed by atoms with Crippen molar-refractivity contribution in [2.24, 2.45) is 4.99 Å². The summed E-state index contributed by atoms with van der Waals surface area (Å²) < 4.78 is 31.0. The highest BCUT2D eigenvalue weighted by Gasteiger charge is 2.17. The first-order valence-corrected chi connectivity index (χ1v) is 12.5. The molecule has 0 bridgehead atoms. The molecule has 1 aromatic carbocycles. The van der Waals surface area contributed by atoms with Crippen molar-refractivity contribution in [3.05, 3.63) is 52.9 Å². The molecule has 2 rings (SSSR count). The highest BCUT2D eigenvalue weighted by molar-refractivity contribution is 7.98. The number of furan rings is 1. The number of nitrogens with zero attached hydrogens (tertiary/aromatic N) is 2. The van der Waals surface area contributed by atoms with Crippen molar-refractivity contribution in [3.8, 4) is 12.3 Å². The van der Waals surface area contributed by atoms with Gasteiger partial charge < -0.3 is 14.6 Å². The lowest BCUT2D eigenvalue weighted by atomic mass is 10.4. The Labute approximate surface area is 188 Å². The van der Waals surface area contributed by atoms with Gasteiger partial charge in [0.2, 0.25) is 0 Å². The first-order valence-electron chi connectivity index (χ1n) is 9.29. The lowest BCUT2D eigenvalue weighted by Crippen LogP contribution is -2.31. The zero-order valence-corrected chi connectivity index (χ0v) is 19.5. The Kier molecular flexibility index (Phi) is 9.79. The summed E-state index contributed by atoms with van der Waals surface area (Å²) in [5.74, 6) is 5.87. The van der Waals surface area contributed by atoms with Crippen molar-refractivity contribution in [1.82, 2.24) is 10.2 Å². The standard InChI is InChI=1S/C21H26ClN3O3S2/c1-4-11-23-21(16-30(26,27)20-9-5-17(22)6-10-20)24-12-13-29-15-19-8-7-18(28-19)14-25(2)3/h1,5-10H,11-16H2,2-3H3,(H,23,24).